The molecule has 2 aromatic rings. The molecule has 1 aliphatic heterocycles. The van der Waals surface area contributed by atoms with Gasteiger partial charge in [-0.05, 0) is 24.6 Å². The van der Waals surface area contributed by atoms with Crippen LogP contribution in [0.3, 0.4) is 0 Å². The smallest absolute Gasteiger partial charge is 0.247 e. The molecule has 0 unspecified atom stereocenters. The van der Waals surface area contributed by atoms with E-state index in [9.17, 15) is 18.3 Å². The summed E-state index contributed by atoms with van der Waals surface area (Å²) in [5.41, 5.74) is 1.43. The number of hydrogen-bond donors (Lipinski definition) is 1. The first-order chi connectivity index (χ1) is 14.6. The molecule has 0 spiro atoms. The van der Waals surface area contributed by atoms with E-state index in [1.165, 1.54) is 23.6 Å². The maximum absolute atomic E-state index is 13.5. The van der Waals surface area contributed by atoms with Gasteiger partial charge in [0.15, 0.2) is 0 Å². The molecule has 168 valence electrons. The zero-order valence-corrected chi connectivity index (χ0v) is 18.9. The molecule has 10 heteroatoms. The Morgan fingerprint density at radius 1 is 1.32 bits per heavy atom. The largest absolute Gasteiger partial charge is 0.487 e. The molecule has 0 bridgehead atoms. The lowest BCUT2D eigenvalue weighted by Crippen LogP contribution is -2.50. The molecule has 1 amide bonds. The van der Waals surface area contributed by atoms with Crippen LogP contribution in [0.5, 0.6) is 5.75 Å². The third-order valence-electron chi connectivity index (χ3n) is 5.55. The van der Waals surface area contributed by atoms with Crippen molar-refractivity contribution in [2.75, 3.05) is 26.7 Å². The van der Waals surface area contributed by atoms with E-state index in [0.29, 0.717) is 12.1 Å². The van der Waals surface area contributed by atoms with Crippen molar-refractivity contribution in [1.82, 2.24) is 19.2 Å². The van der Waals surface area contributed by atoms with Crippen molar-refractivity contribution in [3.05, 3.63) is 36.9 Å². The molecule has 0 fully saturated rings. The van der Waals surface area contributed by atoms with Gasteiger partial charge in [0.05, 0.1) is 13.2 Å². The number of amides is 1. The molecular formula is C21H28N4O5S. The first kappa shape index (κ1) is 23.1. The van der Waals surface area contributed by atoms with Crippen LogP contribution in [0.1, 0.15) is 20.8 Å². The normalized spacial score (nSPS) is 21.8. The molecular weight excluding hydrogens is 420 g/mol. The third-order valence-corrected chi connectivity index (χ3v) is 7.57. The van der Waals surface area contributed by atoms with Gasteiger partial charge >= 0.3 is 0 Å². The van der Waals surface area contributed by atoms with E-state index in [0.717, 1.165) is 5.56 Å². The van der Waals surface area contributed by atoms with Gasteiger partial charge in [-0.2, -0.15) is 4.31 Å². The lowest BCUT2D eigenvalue weighted by Gasteiger charge is -2.37. The second-order valence-electron chi connectivity index (χ2n) is 7.93. The Bertz CT molecular complexity index is 1030. The predicted octanol–water partition coefficient (Wildman–Crippen LogP) is 1.39. The Hall–Kier alpha value is -2.56. The lowest BCUT2D eigenvalue weighted by atomic mass is 10.0. The number of likely N-dealkylation sites (N-methyl/N-ethyl adjacent to an activating group) is 1. The maximum Gasteiger partial charge on any atom is 0.247 e. The average molecular weight is 449 g/mol. The first-order valence-electron chi connectivity index (χ1n) is 10.1. The van der Waals surface area contributed by atoms with Gasteiger partial charge in [0.25, 0.3) is 0 Å². The van der Waals surface area contributed by atoms with E-state index < -0.39 is 22.2 Å². The fraction of sp³-hybridized carbons (Fsp3) is 0.476. The van der Waals surface area contributed by atoms with Crippen LogP contribution in [0.2, 0.25) is 0 Å². The van der Waals surface area contributed by atoms with Gasteiger partial charge in [0.1, 0.15) is 23.1 Å². The molecule has 0 saturated heterocycles. The average Bonchev–Trinajstić information content (AvgIpc) is 2.75. The van der Waals surface area contributed by atoms with Crippen molar-refractivity contribution in [3.63, 3.8) is 0 Å². The Morgan fingerprint density at radius 2 is 2.00 bits per heavy atom. The zero-order chi connectivity index (χ0) is 22.8. The molecule has 1 N–H and O–H groups in total. The van der Waals surface area contributed by atoms with Crippen molar-refractivity contribution in [3.8, 4) is 16.9 Å². The SMILES string of the molecule is CC(=O)N(C)C[C@@H]1Oc2cc(-c3cncnc3)ccc2S(=O)(=O)N([C@H](C)CO)C[C@@H]1C. The Labute approximate surface area is 182 Å². The van der Waals surface area contributed by atoms with Crippen LogP contribution in [-0.2, 0) is 14.8 Å². The van der Waals surface area contributed by atoms with Crippen LogP contribution in [-0.4, -0.2) is 77.5 Å². The van der Waals surface area contributed by atoms with Gasteiger partial charge in [0, 0.05) is 50.4 Å². The summed E-state index contributed by atoms with van der Waals surface area (Å²) in [5, 5.41) is 9.69. The standard InChI is InChI=1S/C21H28N4O5S/c1-14-10-25(15(2)12-26)31(28,29)21-6-5-17(18-8-22-13-23-9-18)7-19(21)30-20(14)11-24(4)16(3)27/h5-9,13-15,20,26H,10-12H2,1-4H3/t14-,15+,20-/m0/s1. The number of aromatic nitrogens is 2. The lowest BCUT2D eigenvalue weighted by molar-refractivity contribution is -0.129. The van der Waals surface area contributed by atoms with E-state index in [-0.39, 0.29) is 35.6 Å². The van der Waals surface area contributed by atoms with Gasteiger partial charge in [-0.1, -0.05) is 13.0 Å². The van der Waals surface area contributed by atoms with E-state index >= 15 is 0 Å². The van der Waals surface area contributed by atoms with Crippen LogP contribution in [0.15, 0.2) is 41.8 Å². The minimum Gasteiger partial charge on any atom is -0.487 e. The van der Waals surface area contributed by atoms with Gasteiger partial charge in [0.2, 0.25) is 15.9 Å². The predicted molar refractivity (Wildman–Crippen MR) is 115 cm³/mol. The summed E-state index contributed by atoms with van der Waals surface area (Å²) in [7, 11) is -2.24. The molecule has 0 radical (unpaired) electrons. The Morgan fingerprint density at radius 3 is 2.61 bits per heavy atom. The molecule has 3 rings (SSSR count). The number of aliphatic hydroxyl groups is 1. The molecule has 0 aliphatic carbocycles. The summed E-state index contributed by atoms with van der Waals surface area (Å²) in [4.78, 5) is 21.4. The van der Waals surface area contributed by atoms with Gasteiger partial charge in [-0.3, -0.25) is 4.79 Å². The minimum atomic E-state index is -3.92. The fourth-order valence-corrected chi connectivity index (χ4v) is 5.30. The van der Waals surface area contributed by atoms with E-state index in [1.807, 2.05) is 6.92 Å². The van der Waals surface area contributed by atoms with Gasteiger partial charge in [-0.25, -0.2) is 18.4 Å². The number of ether oxygens (including phenoxy) is 1. The second-order valence-corrected chi connectivity index (χ2v) is 9.79. The number of carbonyl (C=O) groups excluding carboxylic acids is 1. The summed E-state index contributed by atoms with van der Waals surface area (Å²) >= 11 is 0. The number of nitrogens with zero attached hydrogens (tertiary/aromatic N) is 4. The fourth-order valence-electron chi connectivity index (χ4n) is 3.47. The minimum absolute atomic E-state index is 0.0239. The monoisotopic (exact) mass is 448 g/mol. The Kier molecular flexibility index (Phi) is 6.93. The Balaban J connectivity index is 2.13. The number of benzene rings is 1. The van der Waals surface area contributed by atoms with Gasteiger partial charge < -0.3 is 14.7 Å². The van der Waals surface area contributed by atoms with Crippen molar-refractivity contribution in [2.24, 2.45) is 5.92 Å². The molecule has 2 heterocycles. The highest BCUT2D eigenvalue weighted by molar-refractivity contribution is 7.89. The van der Waals surface area contributed by atoms with Crippen LogP contribution >= 0.6 is 0 Å². The third kappa shape index (κ3) is 4.86. The molecule has 1 aromatic heterocycles. The summed E-state index contributed by atoms with van der Waals surface area (Å²) in [6.07, 6.45) is 4.24. The number of rotatable bonds is 5. The van der Waals surface area contributed by atoms with Crippen molar-refractivity contribution >= 4 is 15.9 Å². The summed E-state index contributed by atoms with van der Waals surface area (Å²) < 4.78 is 34.4. The zero-order valence-electron chi connectivity index (χ0n) is 18.1. The van der Waals surface area contributed by atoms with E-state index in [4.69, 9.17) is 4.74 Å². The number of carbonyl (C=O) groups is 1. The summed E-state index contributed by atoms with van der Waals surface area (Å²) in [6.45, 7) is 5.17. The topological polar surface area (TPSA) is 113 Å². The van der Waals surface area contributed by atoms with Crippen molar-refractivity contribution < 1.29 is 23.1 Å². The van der Waals surface area contributed by atoms with Crippen LogP contribution in [0, 0.1) is 5.92 Å². The molecule has 9 nitrogen and oxygen atoms in total. The highest BCUT2D eigenvalue weighted by Gasteiger charge is 2.38. The molecule has 31 heavy (non-hydrogen) atoms. The van der Waals surface area contributed by atoms with Crippen LogP contribution in [0.25, 0.3) is 11.1 Å². The van der Waals surface area contributed by atoms with E-state index in [2.05, 4.69) is 9.97 Å². The number of hydrogen-bond acceptors (Lipinski definition) is 7. The maximum atomic E-state index is 13.5. The van der Waals surface area contributed by atoms with Crippen LogP contribution < -0.4 is 4.74 Å². The number of fused-ring (bicyclic) bond motifs is 1. The van der Waals surface area contributed by atoms with Crippen LogP contribution in [0.4, 0.5) is 0 Å². The van der Waals surface area contributed by atoms with E-state index in [1.54, 1.807) is 43.4 Å². The van der Waals surface area contributed by atoms with Crippen molar-refractivity contribution in [2.45, 2.75) is 37.8 Å². The highest BCUT2D eigenvalue weighted by atomic mass is 32.2. The molecule has 1 aliphatic rings. The number of sulfonamides is 1. The van der Waals surface area contributed by atoms with Crippen molar-refractivity contribution in [1.29, 1.82) is 0 Å². The molecule has 3 atom stereocenters. The number of aliphatic hydroxyl groups excluding tert-OH is 1. The van der Waals surface area contributed by atoms with Gasteiger partial charge in [-0.15, -0.1) is 0 Å². The summed E-state index contributed by atoms with van der Waals surface area (Å²) in [6, 6.07) is 4.24. The molecule has 1 aromatic carbocycles. The highest BCUT2D eigenvalue weighted by Crippen LogP contribution is 2.36. The first-order valence-corrected chi connectivity index (χ1v) is 11.5. The second kappa shape index (κ2) is 9.29. The quantitative estimate of drug-likeness (QED) is 0.735. The summed E-state index contributed by atoms with van der Waals surface area (Å²) in [5.74, 6) is -0.145. The molecule has 0 saturated carbocycles.